The topological polar surface area (TPSA) is 81.6 Å². The summed E-state index contributed by atoms with van der Waals surface area (Å²) in [5.41, 5.74) is -0.251. The van der Waals surface area contributed by atoms with Gasteiger partial charge < -0.3 is 20.8 Å². The normalized spacial score (nSPS) is 32.3. The molecule has 16 heavy (non-hydrogen) atoms. The zero-order valence-electron chi connectivity index (χ0n) is 9.41. The predicted molar refractivity (Wildman–Crippen MR) is 59.2 cm³/mol. The molecule has 0 aromatic heterocycles. The van der Waals surface area contributed by atoms with E-state index < -0.39 is 5.97 Å². The quantitative estimate of drug-likeness (QED) is 0.512. The van der Waals surface area contributed by atoms with Crippen LogP contribution < -0.4 is 10.6 Å². The molecule has 1 saturated heterocycles. The first-order chi connectivity index (χ1) is 7.60. The maximum absolute atomic E-state index is 10.7. The number of rotatable bonds is 5. The van der Waals surface area contributed by atoms with Crippen molar-refractivity contribution in [1.29, 1.82) is 0 Å². The summed E-state index contributed by atoms with van der Waals surface area (Å²) < 4.78 is 0. The van der Waals surface area contributed by atoms with Crippen LogP contribution >= 0.6 is 0 Å². The Balaban J connectivity index is 1.76. The molecule has 0 amide bonds. The van der Waals surface area contributed by atoms with Gasteiger partial charge in [-0.15, -0.1) is 0 Å². The van der Waals surface area contributed by atoms with Gasteiger partial charge in [-0.25, -0.2) is 0 Å². The van der Waals surface area contributed by atoms with Gasteiger partial charge >= 0.3 is 5.97 Å². The average Bonchev–Trinajstić information content (AvgIpc) is 2.55. The molecule has 2 unspecified atom stereocenters. The Labute approximate surface area is 95.2 Å². The lowest BCUT2D eigenvalue weighted by atomic mass is 9.88. The smallest absolute Gasteiger partial charge is 0.305 e. The molecule has 92 valence electrons. The molecular weight excluding hydrogens is 208 g/mol. The maximum atomic E-state index is 10.7. The van der Waals surface area contributed by atoms with Crippen LogP contribution in [0.25, 0.3) is 0 Å². The number of nitrogens with one attached hydrogen (secondary N) is 2. The second-order valence-electron chi connectivity index (χ2n) is 5.17. The van der Waals surface area contributed by atoms with Crippen LogP contribution in [-0.4, -0.2) is 47.5 Å². The largest absolute Gasteiger partial charge is 0.481 e. The van der Waals surface area contributed by atoms with Crippen molar-refractivity contribution in [3.8, 4) is 0 Å². The van der Waals surface area contributed by atoms with Gasteiger partial charge in [0.25, 0.3) is 0 Å². The summed E-state index contributed by atoms with van der Waals surface area (Å²) in [6.07, 6.45) is 2.81. The van der Waals surface area contributed by atoms with E-state index in [1.54, 1.807) is 0 Å². The summed E-state index contributed by atoms with van der Waals surface area (Å²) in [7, 11) is 0. The standard InChI is InChI=1S/C11H20N2O3/c14-9-2-1-8(3-9)5-13-11(4-10(15)16)6-12-7-11/h8-9,12-14H,1-7H2,(H,15,16). The zero-order chi connectivity index (χ0) is 11.6. The van der Waals surface area contributed by atoms with E-state index in [-0.39, 0.29) is 18.1 Å². The van der Waals surface area contributed by atoms with Crippen molar-refractivity contribution in [1.82, 2.24) is 10.6 Å². The van der Waals surface area contributed by atoms with E-state index in [0.29, 0.717) is 5.92 Å². The zero-order valence-corrected chi connectivity index (χ0v) is 9.41. The van der Waals surface area contributed by atoms with Crippen LogP contribution in [0.3, 0.4) is 0 Å². The number of aliphatic hydroxyl groups is 1. The van der Waals surface area contributed by atoms with Gasteiger partial charge in [-0.05, 0) is 31.7 Å². The second kappa shape index (κ2) is 4.69. The van der Waals surface area contributed by atoms with Gasteiger partial charge in [0, 0.05) is 13.1 Å². The SMILES string of the molecule is O=C(O)CC1(NCC2CCC(O)C2)CNC1. The first kappa shape index (κ1) is 11.8. The third-order valence-electron chi connectivity index (χ3n) is 3.70. The number of carboxylic acid groups (broad SMARTS) is 1. The molecule has 2 fully saturated rings. The molecule has 2 atom stereocenters. The minimum atomic E-state index is -0.750. The molecule has 5 heteroatoms. The number of carboxylic acids is 1. The molecule has 5 nitrogen and oxygen atoms in total. The minimum absolute atomic E-state index is 0.151. The molecule has 1 saturated carbocycles. The average molecular weight is 228 g/mol. The van der Waals surface area contributed by atoms with Crippen molar-refractivity contribution in [3.63, 3.8) is 0 Å². The Bertz CT molecular complexity index is 266. The van der Waals surface area contributed by atoms with Crippen molar-refractivity contribution in [2.75, 3.05) is 19.6 Å². The lowest BCUT2D eigenvalue weighted by Crippen LogP contribution is -2.69. The van der Waals surface area contributed by atoms with Gasteiger partial charge in [0.15, 0.2) is 0 Å². The van der Waals surface area contributed by atoms with Gasteiger partial charge in [-0.3, -0.25) is 4.79 Å². The summed E-state index contributed by atoms with van der Waals surface area (Å²) in [5, 5.41) is 24.7. The van der Waals surface area contributed by atoms with E-state index >= 15 is 0 Å². The van der Waals surface area contributed by atoms with Gasteiger partial charge in [-0.1, -0.05) is 0 Å². The van der Waals surface area contributed by atoms with Crippen LogP contribution in [0.4, 0.5) is 0 Å². The Hall–Kier alpha value is -0.650. The monoisotopic (exact) mass is 228 g/mol. The van der Waals surface area contributed by atoms with Crippen LogP contribution in [0.1, 0.15) is 25.7 Å². The van der Waals surface area contributed by atoms with Crippen LogP contribution in [0.15, 0.2) is 0 Å². The number of hydrogen-bond donors (Lipinski definition) is 4. The Kier molecular flexibility index (Phi) is 3.47. The van der Waals surface area contributed by atoms with Gasteiger partial charge in [0.05, 0.1) is 18.1 Å². The Morgan fingerprint density at radius 1 is 1.44 bits per heavy atom. The van der Waals surface area contributed by atoms with E-state index in [1.165, 1.54) is 0 Å². The fourth-order valence-corrected chi connectivity index (χ4v) is 2.62. The summed E-state index contributed by atoms with van der Waals surface area (Å²) in [6.45, 7) is 2.29. The summed E-state index contributed by atoms with van der Waals surface area (Å²) in [4.78, 5) is 10.7. The van der Waals surface area contributed by atoms with Crippen LogP contribution in [-0.2, 0) is 4.79 Å². The molecule has 0 bridgehead atoms. The highest BCUT2D eigenvalue weighted by Crippen LogP contribution is 2.26. The molecular formula is C11H20N2O3. The molecule has 1 aliphatic carbocycles. The number of aliphatic carboxylic acids is 1. The van der Waals surface area contributed by atoms with Gasteiger partial charge in [0.2, 0.25) is 0 Å². The molecule has 2 aliphatic rings. The molecule has 4 N–H and O–H groups in total. The lowest BCUT2D eigenvalue weighted by Gasteiger charge is -2.43. The molecule has 0 spiro atoms. The molecule has 0 radical (unpaired) electrons. The van der Waals surface area contributed by atoms with E-state index in [1.807, 2.05) is 0 Å². The summed E-state index contributed by atoms with van der Waals surface area (Å²) >= 11 is 0. The first-order valence-electron chi connectivity index (χ1n) is 5.95. The van der Waals surface area contributed by atoms with E-state index in [0.717, 1.165) is 38.9 Å². The van der Waals surface area contributed by atoms with Gasteiger partial charge in [0.1, 0.15) is 0 Å². The Morgan fingerprint density at radius 2 is 2.19 bits per heavy atom. The molecule has 0 aromatic rings. The third kappa shape index (κ3) is 2.72. The Morgan fingerprint density at radius 3 is 2.62 bits per heavy atom. The predicted octanol–water partition coefficient (Wildman–Crippen LogP) is -0.446. The van der Waals surface area contributed by atoms with Crippen LogP contribution in [0.5, 0.6) is 0 Å². The minimum Gasteiger partial charge on any atom is -0.481 e. The first-order valence-corrected chi connectivity index (χ1v) is 5.95. The van der Waals surface area contributed by atoms with Gasteiger partial charge in [-0.2, -0.15) is 0 Å². The molecule has 1 heterocycles. The molecule has 0 aromatic carbocycles. The fraction of sp³-hybridized carbons (Fsp3) is 0.909. The van der Waals surface area contributed by atoms with Crippen LogP contribution in [0.2, 0.25) is 0 Å². The highest BCUT2D eigenvalue weighted by Gasteiger charge is 2.39. The van der Waals surface area contributed by atoms with Crippen LogP contribution in [0, 0.1) is 5.92 Å². The number of aliphatic hydroxyl groups excluding tert-OH is 1. The van der Waals surface area contributed by atoms with Crippen molar-refractivity contribution in [2.24, 2.45) is 5.92 Å². The van der Waals surface area contributed by atoms with Crippen molar-refractivity contribution >= 4 is 5.97 Å². The van der Waals surface area contributed by atoms with Crippen molar-refractivity contribution in [3.05, 3.63) is 0 Å². The fourth-order valence-electron chi connectivity index (χ4n) is 2.62. The molecule has 1 aliphatic heterocycles. The summed E-state index contributed by atoms with van der Waals surface area (Å²) in [5.74, 6) is -0.248. The van der Waals surface area contributed by atoms with E-state index in [2.05, 4.69) is 10.6 Å². The van der Waals surface area contributed by atoms with E-state index in [9.17, 15) is 9.90 Å². The highest BCUT2D eigenvalue weighted by atomic mass is 16.4. The lowest BCUT2D eigenvalue weighted by molar-refractivity contribution is -0.139. The number of carbonyl (C=O) groups is 1. The number of hydrogen-bond acceptors (Lipinski definition) is 4. The van der Waals surface area contributed by atoms with Crippen molar-refractivity contribution in [2.45, 2.75) is 37.3 Å². The second-order valence-corrected chi connectivity index (χ2v) is 5.17. The summed E-state index contributed by atoms with van der Waals surface area (Å²) in [6, 6.07) is 0. The van der Waals surface area contributed by atoms with E-state index in [4.69, 9.17) is 5.11 Å². The maximum Gasteiger partial charge on any atom is 0.305 e. The highest BCUT2D eigenvalue weighted by molar-refractivity contribution is 5.68. The molecule has 2 rings (SSSR count). The van der Waals surface area contributed by atoms with Crippen molar-refractivity contribution < 1.29 is 15.0 Å². The third-order valence-corrected chi connectivity index (χ3v) is 3.70.